The number of likely N-dealkylation sites (tertiary alicyclic amines) is 1. The van der Waals surface area contributed by atoms with Gasteiger partial charge in [0.1, 0.15) is 5.60 Å². The highest BCUT2D eigenvalue weighted by Gasteiger charge is 2.40. The molecule has 0 spiro atoms. The largest absolute Gasteiger partial charge is 0.444 e. The summed E-state index contributed by atoms with van der Waals surface area (Å²) in [5.74, 6) is -0.289. The normalized spacial score (nSPS) is 24.2. The Bertz CT molecular complexity index is 327. The van der Waals surface area contributed by atoms with Crippen LogP contribution in [0.4, 0.5) is 4.79 Å². The van der Waals surface area contributed by atoms with E-state index in [1.807, 2.05) is 0 Å². The zero-order valence-corrected chi connectivity index (χ0v) is 12.0. The third-order valence-corrected chi connectivity index (χ3v) is 2.99. The number of ether oxygens (including phenoxy) is 2. The molecule has 0 aromatic carbocycles. The Hall–Kier alpha value is -0.810. The Morgan fingerprint density at radius 2 is 2.00 bits per heavy atom. The average molecular weight is 278 g/mol. The third kappa shape index (κ3) is 3.85. The maximum atomic E-state index is 12.0. The summed E-state index contributed by atoms with van der Waals surface area (Å²) in [6.07, 6.45) is -0.165. The number of carbonyl (C=O) groups is 2. The number of hydrogen-bond acceptors (Lipinski definition) is 4. The number of nitrogens with zero attached hydrogens (tertiary/aromatic N) is 1. The Labute approximate surface area is 112 Å². The molecule has 1 saturated heterocycles. The molecule has 2 unspecified atom stereocenters. The molecule has 1 aliphatic heterocycles. The first-order valence-corrected chi connectivity index (χ1v) is 6.43. The fourth-order valence-corrected chi connectivity index (χ4v) is 2.06. The van der Waals surface area contributed by atoms with Gasteiger partial charge in [0.15, 0.2) is 5.78 Å². The standard InChI is InChI=1S/C12H20ClNO4/c1-12(2,3)18-11(16)14-7-8(17-4)5-9(14)10(15)6-13/h8-9H,5-7H2,1-4H3. The summed E-state index contributed by atoms with van der Waals surface area (Å²) in [4.78, 5) is 25.1. The number of hydrogen-bond donors (Lipinski definition) is 0. The van der Waals surface area contributed by atoms with Crippen LogP contribution in [0.3, 0.4) is 0 Å². The lowest BCUT2D eigenvalue weighted by Gasteiger charge is -2.27. The lowest BCUT2D eigenvalue weighted by Crippen LogP contribution is -2.44. The predicted molar refractivity (Wildman–Crippen MR) is 67.9 cm³/mol. The Morgan fingerprint density at radius 1 is 1.39 bits per heavy atom. The lowest BCUT2D eigenvalue weighted by atomic mass is 10.1. The Balaban J connectivity index is 2.77. The number of halogens is 1. The second-order valence-corrected chi connectivity index (χ2v) is 5.61. The van der Waals surface area contributed by atoms with E-state index < -0.39 is 17.7 Å². The molecule has 0 aromatic rings. The van der Waals surface area contributed by atoms with E-state index in [4.69, 9.17) is 21.1 Å². The summed E-state index contributed by atoms with van der Waals surface area (Å²) in [5, 5.41) is 0. The maximum Gasteiger partial charge on any atom is 0.410 e. The molecule has 1 heterocycles. The van der Waals surface area contributed by atoms with Crippen LogP contribution in [0.5, 0.6) is 0 Å². The minimum Gasteiger partial charge on any atom is -0.444 e. The highest BCUT2D eigenvalue weighted by atomic mass is 35.5. The van der Waals surface area contributed by atoms with Crippen molar-refractivity contribution >= 4 is 23.5 Å². The predicted octanol–water partition coefficient (Wildman–Crippen LogP) is 1.82. The van der Waals surface area contributed by atoms with Gasteiger partial charge in [-0.15, -0.1) is 11.6 Å². The van der Waals surface area contributed by atoms with Gasteiger partial charge in [-0.3, -0.25) is 9.69 Å². The molecule has 0 saturated carbocycles. The van der Waals surface area contributed by atoms with Crippen molar-refractivity contribution < 1.29 is 19.1 Å². The molecule has 0 aliphatic carbocycles. The van der Waals surface area contributed by atoms with E-state index in [9.17, 15) is 9.59 Å². The lowest BCUT2D eigenvalue weighted by molar-refractivity contribution is -0.121. The van der Waals surface area contributed by atoms with Crippen molar-refractivity contribution in [1.82, 2.24) is 4.90 Å². The van der Waals surface area contributed by atoms with E-state index in [-0.39, 0.29) is 17.8 Å². The smallest absolute Gasteiger partial charge is 0.410 e. The van der Waals surface area contributed by atoms with Gasteiger partial charge in [-0.25, -0.2) is 4.79 Å². The van der Waals surface area contributed by atoms with Gasteiger partial charge in [0.05, 0.1) is 24.6 Å². The topological polar surface area (TPSA) is 55.8 Å². The van der Waals surface area contributed by atoms with E-state index in [0.717, 1.165) is 0 Å². The molecule has 0 N–H and O–H groups in total. The van der Waals surface area contributed by atoms with Gasteiger partial charge in [-0.1, -0.05) is 0 Å². The molecular formula is C12H20ClNO4. The number of alkyl halides is 1. The molecule has 2 atom stereocenters. The molecule has 0 aromatic heterocycles. The van der Waals surface area contributed by atoms with Crippen molar-refractivity contribution in [1.29, 1.82) is 0 Å². The molecule has 18 heavy (non-hydrogen) atoms. The van der Waals surface area contributed by atoms with Gasteiger partial charge < -0.3 is 9.47 Å². The molecule has 5 nitrogen and oxygen atoms in total. The molecule has 104 valence electrons. The summed E-state index contributed by atoms with van der Waals surface area (Å²) in [7, 11) is 1.56. The molecule has 6 heteroatoms. The van der Waals surface area contributed by atoms with Gasteiger partial charge in [0.2, 0.25) is 0 Å². The average Bonchev–Trinajstić information content (AvgIpc) is 2.69. The Kier molecular flexibility index (Phi) is 4.99. The highest BCUT2D eigenvalue weighted by molar-refractivity contribution is 6.28. The summed E-state index contributed by atoms with van der Waals surface area (Å²) in [5.41, 5.74) is -0.587. The second-order valence-electron chi connectivity index (χ2n) is 5.34. The maximum absolute atomic E-state index is 12.0. The van der Waals surface area contributed by atoms with Gasteiger partial charge in [-0.05, 0) is 20.8 Å². The highest BCUT2D eigenvalue weighted by Crippen LogP contribution is 2.23. The first-order valence-electron chi connectivity index (χ1n) is 5.89. The zero-order valence-electron chi connectivity index (χ0n) is 11.2. The van der Waals surface area contributed by atoms with Crippen molar-refractivity contribution in [3.05, 3.63) is 0 Å². The van der Waals surface area contributed by atoms with E-state index in [2.05, 4.69) is 0 Å². The van der Waals surface area contributed by atoms with E-state index in [0.29, 0.717) is 13.0 Å². The molecule has 1 fully saturated rings. The zero-order chi connectivity index (χ0) is 13.9. The van der Waals surface area contributed by atoms with E-state index >= 15 is 0 Å². The summed E-state index contributed by atoms with van der Waals surface area (Å²) in [6, 6.07) is -0.540. The van der Waals surface area contributed by atoms with Crippen LogP contribution in [0.25, 0.3) is 0 Å². The number of Topliss-reactive ketones (excluding diaryl/α,β-unsaturated/α-hetero) is 1. The van der Waals surface area contributed by atoms with Gasteiger partial charge in [0, 0.05) is 13.5 Å². The van der Waals surface area contributed by atoms with Crippen LogP contribution in [0.15, 0.2) is 0 Å². The molecule has 1 amide bonds. The first-order chi connectivity index (χ1) is 8.28. The second kappa shape index (κ2) is 5.89. The quantitative estimate of drug-likeness (QED) is 0.739. The summed E-state index contributed by atoms with van der Waals surface area (Å²) in [6.45, 7) is 5.71. The summed E-state index contributed by atoms with van der Waals surface area (Å²) < 4.78 is 10.5. The monoisotopic (exact) mass is 277 g/mol. The number of carbonyl (C=O) groups excluding carboxylic acids is 2. The van der Waals surface area contributed by atoms with E-state index in [1.165, 1.54) is 4.90 Å². The SMILES string of the molecule is COC1CC(C(=O)CCl)N(C(=O)OC(C)(C)C)C1. The number of ketones is 1. The molecular weight excluding hydrogens is 258 g/mol. The van der Waals surface area contributed by atoms with Crippen LogP contribution in [-0.2, 0) is 14.3 Å². The van der Waals surface area contributed by atoms with Crippen LogP contribution >= 0.6 is 11.6 Å². The number of methoxy groups -OCH3 is 1. The Morgan fingerprint density at radius 3 is 2.44 bits per heavy atom. The molecule has 0 bridgehead atoms. The fourth-order valence-electron chi connectivity index (χ4n) is 1.88. The van der Waals surface area contributed by atoms with Crippen LogP contribution in [0.1, 0.15) is 27.2 Å². The minimum absolute atomic E-state index is 0.111. The fraction of sp³-hybridized carbons (Fsp3) is 0.833. The van der Waals surface area contributed by atoms with Crippen molar-refractivity contribution in [3.8, 4) is 0 Å². The number of rotatable bonds is 3. The summed E-state index contributed by atoms with van der Waals surface area (Å²) >= 11 is 5.56. The van der Waals surface area contributed by atoms with Gasteiger partial charge >= 0.3 is 6.09 Å². The van der Waals surface area contributed by atoms with E-state index in [1.54, 1.807) is 27.9 Å². The van der Waals surface area contributed by atoms with Crippen LogP contribution in [-0.4, -0.2) is 54.1 Å². The van der Waals surface area contributed by atoms with Crippen LogP contribution < -0.4 is 0 Å². The third-order valence-electron chi connectivity index (χ3n) is 2.73. The molecule has 1 rings (SSSR count). The van der Waals surface area contributed by atoms with Gasteiger partial charge in [0.25, 0.3) is 0 Å². The van der Waals surface area contributed by atoms with Crippen molar-refractivity contribution in [3.63, 3.8) is 0 Å². The van der Waals surface area contributed by atoms with Gasteiger partial charge in [-0.2, -0.15) is 0 Å². The number of amides is 1. The van der Waals surface area contributed by atoms with Crippen LogP contribution in [0.2, 0.25) is 0 Å². The minimum atomic E-state index is -0.587. The van der Waals surface area contributed by atoms with Crippen molar-refractivity contribution in [2.75, 3.05) is 19.5 Å². The van der Waals surface area contributed by atoms with Crippen molar-refractivity contribution in [2.24, 2.45) is 0 Å². The van der Waals surface area contributed by atoms with Crippen LogP contribution in [0, 0.1) is 0 Å². The van der Waals surface area contributed by atoms with Crippen molar-refractivity contribution in [2.45, 2.75) is 44.9 Å². The molecule has 0 radical (unpaired) electrons. The molecule has 1 aliphatic rings. The first kappa shape index (κ1) is 15.2.